The molecular weight excluding hydrogens is 552 g/mol. The van der Waals surface area contributed by atoms with E-state index in [1.807, 2.05) is 41.5 Å². The lowest BCUT2D eigenvalue weighted by Gasteiger charge is -2.32. The summed E-state index contributed by atoms with van der Waals surface area (Å²) in [5.41, 5.74) is 5.88. The van der Waals surface area contributed by atoms with E-state index in [0.29, 0.717) is 57.4 Å². The van der Waals surface area contributed by atoms with Crippen molar-refractivity contribution in [1.29, 1.82) is 0 Å². The molecule has 1 heterocycles. The number of ether oxygens (including phenoxy) is 3. The van der Waals surface area contributed by atoms with Crippen molar-refractivity contribution in [1.82, 2.24) is 10.6 Å². The van der Waals surface area contributed by atoms with E-state index in [0.717, 1.165) is 10.5 Å². The van der Waals surface area contributed by atoms with Crippen molar-refractivity contribution in [2.75, 3.05) is 44.5 Å². The smallest absolute Gasteiger partial charge is 0.329 e. The average molecular weight is 599 g/mol. The number of nitrogens with two attached hydrogens (primary N) is 1. The zero-order chi connectivity index (χ0) is 31.8. The molecule has 236 valence electrons. The van der Waals surface area contributed by atoms with Crippen LogP contribution in [0.5, 0.6) is 11.5 Å². The van der Waals surface area contributed by atoms with Gasteiger partial charge >= 0.3 is 6.03 Å². The minimum atomic E-state index is -1.08. The van der Waals surface area contributed by atoms with Crippen molar-refractivity contribution >= 4 is 23.4 Å². The van der Waals surface area contributed by atoms with Crippen LogP contribution >= 0.6 is 0 Å². The zero-order valence-electron chi connectivity index (χ0n) is 26.1. The van der Waals surface area contributed by atoms with Gasteiger partial charge in [0.25, 0.3) is 5.91 Å². The number of carbonyl (C=O) groups is 3. The number of phenols is 1. The fraction of sp³-hybridized carbons (Fsp3) is 0.531. The number of Topliss-reactive ketones (excluding diaryl/α,β-unsaturated/α-hetero) is 1. The van der Waals surface area contributed by atoms with E-state index < -0.39 is 29.4 Å². The second-order valence-corrected chi connectivity index (χ2v) is 12.6. The molecule has 0 aromatic heterocycles. The molecule has 11 nitrogen and oxygen atoms in total. The van der Waals surface area contributed by atoms with Crippen LogP contribution in [0.25, 0.3) is 0 Å². The quantitative estimate of drug-likeness (QED) is 0.178. The molecule has 0 aliphatic carbocycles. The number of aromatic hydroxyl groups is 1. The largest absolute Gasteiger partial charge is 0.508 e. The van der Waals surface area contributed by atoms with Gasteiger partial charge in [0.15, 0.2) is 5.78 Å². The van der Waals surface area contributed by atoms with Crippen LogP contribution in [0.4, 0.5) is 10.5 Å². The van der Waals surface area contributed by atoms with Gasteiger partial charge < -0.3 is 35.7 Å². The Morgan fingerprint density at radius 1 is 0.977 bits per heavy atom. The molecule has 1 aliphatic rings. The van der Waals surface area contributed by atoms with Gasteiger partial charge in [-0.15, -0.1) is 0 Å². The van der Waals surface area contributed by atoms with Crippen LogP contribution in [0.3, 0.4) is 0 Å². The number of nitrogens with one attached hydrogen (secondary N) is 2. The van der Waals surface area contributed by atoms with Gasteiger partial charge in [-0.25, -0.2) is 9.69 Å². The molecule has 0 radical (unpaired) electrons. The lowest BCUT2D eigenvalue weighted by molar-refractivity contribution is -0.129. The third kappa shape index (κ3) is 9.75. The van der Waals surface area contributed by atoms with Gasteiger partial charge in [0.2, 0.25) is 0 Å². The molecule has 3 amide bonds. The molecule has 3 rings (SSSR count). The normalized spacial score (nSPS) is 16.3. The Morgan fingerprint density at radius 2 is 1.60 bits per heavy atom. The Bertz CT molecular complexity index is 1250. The Morgan fingerprint density at radius 3 is 2.21 bits per heavy atom. The van der Waals surface area contributed by atoms with Crippen LogP contribution in [-0.4, -0.2) is 74.0 Å². The molecule has 1 unspecified atom stereocenters. The lowest BCUT2D eigenvalue weighted by Crippen LogP contribution is -2.51. The number of carbonyl (C=O) groups excluding carboxylic acids is 3. The number of urea groups is 1. The maximum absolute atomic E-state index is 13.5. The highest BCUT2D eigenvalue weighted by atomic mass is 16.5. The number of hydrogen-bond acceptors (Lipinski definition) is 9. The lowest BCUT2D eigenvalue weighted by atomic mass is 9.83. The molecule has 2 atom stereocenters. The van der Waals surface area contributed by atoms with Gasteiger partial charge in [0, 0.05) is 23.1 Å². The predicted molar refractivity (Wildman–Crippen MR) is 164 cm³/mol. The first kappa shape index (κ1) is 34.0. The number of phenolic OH excluding ortho intramolecular Hbond substituents is 1. The number of rotatable bonds is 15. The highest BCUT2D eigenvalue weighted by Crippen LogP contribution is 2.33. The summed E-state index contributed by atoms with van der Waals surface area (Å²) < 4.78 is 16.4. The molecule has 0 saturated carbocycles. The van der Waals surface area contributed by atoms with E-state index in [2.05, 4.69) is 10.6 Å². The summed E-state index contributed by atoms with van der Waals surface area (Å²) in [5.74, 6) is -0.0274. The summed E-state index contributed by atoms with van der Waals surface area (Å²) in [4.78, 5) is 40.7. The van der Waals surface area contributed by atoms with Crippen molar-refractivity contribution < 1.29 is 33.7 Å². The first-order valence-electron chi connectivity index (χ1n) is 14.6. The highest BCUT2D eigenvalue weighted by Gasteiger charge is 2.41. The summed E-state index contributed by atoms with van der Waals surface area (Å²) >= 11 is 0. The Kier molecular flexibility index (Phi) is 11.7. The monoisotopic (exact) mass is 598 g/mol. The maximum atomic E-state index is 13.5. The van der Waals surface area contributed by atoms with Gasteiger partial charge in [0.05, 0.1) is 38.2 Å². The Balaban J connectivity index is 1.68. The number of nitrogens with zero attached hydrogens (tertiary/aromatic N) is 1. The molecule has 5 N–H and O–H groups in total. The number of hydrogen-bond donors (Lipinski definition) is 4. The van der Waals surface area contributed by atoms with Crippen molar-refractivity contribution in [3.63, 3.8) is 0 Å². The first-order chi connectivity index (χ1) is 20.2. The molecule has 1 fully saturated rings. The molecule has 2 aromatic rings. The van der Waals surface area contributed by atoms with Gasteiger partial charge in [-0.1, -0.05) is 26.8 Å². The van der Waals surface area contributed by atoms with Gasteiger partial charge in [-0.3, -0.25) is 9.59 Å². The Hall–Kier alpha value is -3.51. The van der Waals surface area contributed by atoms with Crippen molar-refractivity contribution in [3.05, 3.63) is 53.6 Å². The van der Waals surface area contributed by atoms with Crippen LogP contribution in [0, 0.1) is 5.41 Å². The molecule has 0 spiro atoms. The van der Waals surface area contributed by atoms with Crippen LogP contribution in [-0.2, 0) is 25.5 Å². The number of amides is 3. The summed E-state index contributed by atoms with van der Waals surface area (Å²) in [6.07, 6.45) is 0.355. The molecule has 0 bridgehead atoms. The maximum Gasteiger partial charge on any atom is 0.329 e. The van der Waals surface area contributed by atoms with Crippen molar-refractivity contribution in [3.8, 4) is 11.5 Å². The van der Waals surface area contributed by atoms with Crippen LogP contribution in [0.1, 0.15) is 58.7 Å². The molecular formula is C32H46N4O7. The molecule has 11 heteroatoms. The molecule has 1 saturated heterocycles. The van der Waals surface area contributed by atoms with E-state index in [1.165, 1.54) is 6.07 Å². The average Bonchev–Trinajstić information content (AvgIpc) is 3.22. The summed E-state index contributed by atoms with van der Waals surface area (Å²) in [7, 11) is 0. The predicted octanol–water partition coefficient (Wildman–Crippen LogP) is 3.47. The van der Waals surface area contributed by atoms with Crippen molar-refractivity contribution in [2.45, 2.75) is 65.6 Å². The van der Waals surface area contributed by atoms with E-state index in [9.17, 15) is 19.5 Å². The number of imide groups is 1. The number of ketones is 1. The van der Waals surface area contributed by atoms with E-state index >= 15 is 0 Å². The molecule has 1 aliphatic heterocycles. The number of anilines is 1. The van der Waals surface area contributed by atoms with Crippen LogP contribution in [0.15, 0.2) is 42.5 Å². The topological polar surface area (TPSA) is 152 Å². The third-order valence-corrected chi connectivity index (χ3v) is 6.67. The minimum absolute atomic E-state index is 0.0568. The minimum Gasteiger partial charge on any atom is -0.508 e. The summed E-state index contributed by atoms with van der Waals surface area (Å²) in [5, 5.41) is 16.8. The fourth-order valence-corrected chi connectivity index (χ4v) is 4.70. The second-order valence-electron chi connectivity index (χ2n) is 12.6. The van der Waals surface area contributed by atoms with E-state index in [4.69, 9.17) is 19.9 Å². The SMILES string of the molecule is CC(C)(C)N[C@@H](Cc1ccc(O)c(C2NC(=O)N(c3ccc(OCCOCCOCCN)cc3)C2=O)c1)C(=O)C(C)(C)C. The molecule has 43 heavy (non-hydrogen) atoms. The summed E-state index contributed by atoms with van der Waals surface area (Å²) in [6.45, 7) is 14.2. The van der Waals surface area contributed by atoms with Gasteiger partial charge in [-0.2, -0.15) is 0 Å². The fourth-order valence-electron chi connectivity index (χ4n) is 4.70. The third-order valence-electron chi connectivity index (χ3n) is 6.67. The number of benzene rings is 2. The van der Waals surface area contributed by atoms with Gasteiger partial charge in [-0.05, 0) is 69.2 Å². The standard InChI is InChI=1S/C32H46N4O7/c1-31(2,3)28(38)25(35-32(4,5)6)20-21-7-12-26(37)24(19-21)27-29(39)36(30(40)34-27)22-8-10-23(11-9-22)43-18-17-42-16-15-41-14-13-33/h7-12,19,25,27,35,37H,13-18,20,33H2,1-6H3,(H,34,40)/t25-,27?/m0/s1. The van der Waals surface area contributed by atoms with E-state index in [-0.39, 0.29) is 22.6 Å². The highest BCUT2D eigenvalue weighted by molar-refractivity contribution is 6.21. The first-order valence-corrected chi connectivity index (χ1v) is 14.6. The van der Waals surface area contributed by atoms with E-state index in [1.54, 1.807) is 36.4 Å². The van der Waals surface area contributed by atoms with Crippen LogP contribution < -0.4 is 26.0 Å². The Labute approximate surface area is 254 Å². The summed E-state index contributed by atoms with van der Waals surface area (Å²) in [6, 6.07) is 9.30. The van der Waals surface area contributed by atoms with Crippen molar-refractivity contribution in [2.24, 2.45) is 11.1 Å². The van der Waals surface area contributed by atoms with Crippen LogP contribution in [0.2, 0.25) is 0 Å². The van der Waals surface area contributed by atoms with Gasteiger partial charge in [0.1, 0.15) is 24.1 Å². The zero-order valence-corrected chi connectivity index (χ0v) is 26.1. The second kappa shape index (κ2) is 14.8. The molecule has 2 aromatic carbocycles.